The van der Waals surface area contributed by atoms with E-state index in [1.807, 2.05) is 69.3 Å². The molecule has 0 fully saturated rings. The van der Waals surface area contributed by atoms with Crippen molar-refractivity contribution in [3.05, 3.63) is 78.0 Å². The van der Waals surface area contributed by atoms with Crippen molar-refractivity contribution < 1.29 is 4.74 Å². The van der Waals surface area contributed by atoms with E-state index in [2.05, 4.69) is 16.6 Å². The van der Waals surface area contributed by atoms with Crippen LogP contribution in [0.2, 0.25) is 0 Å². The van der Waals surface area contributed by atoms with Crippen molar-refractivity contribution in [1.82, 2.24) is 4.98 Å². The van der Waals surface area contributed by atoms with Crippen LogP contribution in [0.4, 0.5) is 0 Å². The van der Waals surface area contributed by atoms with Crippen molar-refractivity contribution in [2.24, 2.45) is 4.99 Å². The molecule has 1 heterocycles. The summed E-state index contributed by atoms with van der Waals surface area (Å²) in [5.41, 5.74) is 3.04. The van der Waals surface area contributed by atoms with Gasteiger partial charge in [-0.3, -0.25) is 0 Å². The number of hydrogen-bond acceptors (Lipinski definition) is 4. The van der Waals surface area contributed by atoms with Crippen molar-refractivity contribution in [3.63, 3.8) is 0 Å². The largest absolute Gasteiger partial charge is 0.444 e. The van der Waals surface area contributed by atoms with Crippen LogP contribution in [0.1, 0.15) is 26.5 Å². The molecule has 1 aromatic heterocycles. The summed E-state index contributed by atoms with van der Waals surface area (Å²) < 4.78 is 5.55. The molecule has 0 amide bonds. The second-order valence-electron chi connectivity index (χ2n) is 5.55. The number of benzene rings is 1. The van der Waals surface area contributed by atoms with E-state index in [0.29, 0.717) is 17.2 Å². The Morgan fingerprint density at radius 1 is 1.12 bits per heavy atom. The number of fused-ring (bicyclic) bond motifs is 1. The zero-order chi connectivity index (χ0) is 17.5. The first-order valence-corrected chi connectivity index (χ1v) is 7.63. The number of ether oxygens (including phenoxy) is 1. The Morgan fingerprint density at radius 2 is 1.88 bits per heavy atom. The number of hydrogen-bond donors (Lipinski definition) is 1. The molecule has 122 valence electrons. The van der Waals surface area contributed by atoms with Crippen LogP contribution in [0.15, 0.2) is 77.3 Å². The molecule has 2 rings (SSSR count). The van der Waals surface area contributed by atoms with Crippen LogP contribution in [0.3, 0.4) is 0 Å². The fourth-order valence-corrected chi connectivity index (χ4v) is 2.03. The number of pyridine rings is 1. The second-order valence-corrected chi connectivity index (χ2v) is 5.55. The maximum Gasteiger partial charge on any atom is 0.212 e. The monoisotopic (exact) mass is 319 g/mol. The Balaban J connectivity index is 2.24. The van der Waals surface area contributed by atoms with Gasteiger partial charge in [0.1, 0.15) is 11.5 Å². The molecule has 1 aromatic carbocycles. The van der Waals surface area contributed by atoms with Gasteiger partial charge in [-0.25, -0.2) is 9.98 Å². The lowest BCUT2D eigenvalue weighted by Gasteiger charge is -2.06. The van der Waals surface area contributed by atoms with Gasteiger partial charge in [0, 0.05) is 11.6 Å². The van der Waals surface area contributed by atoms with Crippen molar-refractivity contribution in [2.45, 2.75) is 20.8 Å². The van der Waals surface area contributed by atoms with E-state index in [9.17, 15) is 0 Å². The highest BCUT2D eigenvalue weighted by molar-refractivity contribution is 6.37. The SMILES string of the molecule is C=C(/N=C(\C=N)c1ccc2ccccc2n1)O/C(C)=C/C=C(C)C. The van der Waals surface area contributed by atoms with Crippen molar-refractivity contribution in [2.75, 3.05) is 0 Å². The minimum absolute atomic E-state index is 0.222. The van der Waals surface area contributed by atoms with Crippen molar-refractivity contribution >= 4 is 22.8 Å². The fraction of sp³-hybridized carbons (Fsp3) is 0.150. The topological polar surface area (TPSA) is 58.3 Å². The van der Waals surface area contributed by atoms with Gasteiger partial charge in [-0.2, -0.15) is 0 Å². The number of nitrogens with one attached hydrogen (secondary N) is 1. The van der Waals surface area contributed by atoms with E-state index in [1.54, 1.807) is 0 Å². The summed E-state index contributed by atoms with van der Waals surface area (Å²) in [6.45, 7) is 9.65. The molecular formula is C20H21N3O. The van der Waals surface area contributed by atoms with E-state index in [0.717, 1.165) is 17.1 Å². The minimum atomic E-state index is 0.222. The van der Waals surface area contributed by atoms with Crippen LogP contribution in [0.25, 0.3) is 10.9 Å². The van der Waals surface area contributed by atoms with E-state index < -0.39 is 0 Å². The highest BCUT2D eigenvalue weighted by atomic mass is 16.5. The Hall–Kier alpha value is -3.01. The normalized spacial score (nSPS) is 12.0. The lowest BCUT2D eigenvalue weighted by Crippen LogP contribution is -2.06. The summed E-state index contributed by atoms with van der Waals surface area (Å²) in [4.78, 5) is 8.81. The van der Waals surface area contributed by atoms with Crippen LogP contribution < -0.4 is 0 Å². The van der Waals surface area contributed by atoms with Gasteiger partial charge in [-0.05, 0) is 45.6 Å². The van der Waals surface area contributed by atoms with Gasteiger partial charge in [0.2, 0.25) is 5.88 Å². The zero-order valence-corrected chi connectivity index (χ0v) is 14.2. The van der Waals surface area contributed by atoms with Gasteiger partial charge in [0.25, 0.3) is 0 Å². The zero-order valence-electron chi connectivity index (χ0n) is 14.2. The number of rotatable bonds is 6. The van der Waals surface area contributed by atoms with Gasteiger partial charge >= 0.3 is 0 Å². The van der Waals surface area contributed by atoms with Gasteiger partial charge < -0.3 is 10.1 Å². The van der Waals surface area contributed by atoms with Crippen LogP contribution in [0.5, 0.6) is 0 Å². The molecule has 0 aliphatic heterocycles. The molecule has 24 heavy (non-hydrogen) atoms. The van der Waals surface area contributed by atoms with Gasteiger partial charge in [-0.1, -0.05) is 35.9 Å². The van der Waals surface area contributed by atoms with Crippen LogP contribution in [-0.4, -0.2) is 16.9 Å². The Labute approximate surface area is 142 Å². The van der Waals surface area contributed by atoms with Gasteiger partial charge in [0.15, 0.2) is 0 Å². The van der Waals surface area contributed by atoms with E-state index in [-0.39, 0.29) is 5.88 Å². The standard InChI is InChI=1S/C20H21N3O/c1-14(2)9-10-15(3)24-16(4)22-20(13-21)19-12-11-17-7-5-6-8-18(17)23-19/h5-13,21H,4H2,1-3H3/b15-10+,21-13?,22-20+. The summed E-state index contributed by atoms with van der Waals surface area (Å²) in [6.07, 6.45) is 4.96. The van der Waals surface area contributed by atoms with E-state index in [4.69, 9.17) is 10.1 Å². The summed E-state index contributed by atoms with van der Waals surface area (Å²) >= 11 is 0. The minimum Gasteiger partial charge on any atom is -0.444 e. The lowest BCUT2D eigenvalue weighted by atomic mass is 10.1. The molecule has 0 spiro atoms. The van der Waals surface area contributed by atoms with Crippen LogP contribution in [0, 0.1) is 5.41 Å². The number of para-hydroxylation sites is 1. The molecular weight excluding hydrogens is 298 g/mol. The first kappa shape index (κ1) is 17.3. The summed E-state index contributed by atoms with van der Waals surface area (Å²) in [5, 5.41) is 8.64. The molecule has 0 aliphatic rings. The molecule has 0 radical (unpaired) electrons. The second kappa shape index (κ2) is 8.02. The summed E-state index contributed by atoms with van der Waals surface area (Å²) in [5.74, 6) is 0.903. The average Bonchev–Trinajstić information content (AvgIpc) is 2.57. The predicted octanol–water partition coefficient (Wildman–Crippen LogP) is 5.03. The summed E-state index contributed by atoms with van der Waals surface area (Å²) in [7, 11) is 0. The van der Waals surface area contributed by atoms with Gasteiger partial charge in [-0.15, -0.1) is 0 Å². The molecule has 0 atom stereocenters. The van der Waals surface area contributed by atoms with Crippen LogP contribution >= 0.6 is 0 Å². The maximum atomic E-state index is 7.60. The van der Waals surface area contributed by atoms with E-state index >= 15 is 0 Å². The Morgan fingerprint density at radius 3 is 2.58 bits per heavy atom. The highest BCUT2D eigenvalue weighted by Crippen LogP contribution is 2.13. The number of aliphatic imine (C=N–C) groups is 1. The van der Waals surface area contributed by atoms with Gasteiger partial charge in [0.05, 0.1) is 11.2 Å². The third-order valence-electron chi connectivity index (χ3n) is 3.17. The molecule has 0 saturated carbocycles. The smallest absolute Gasteiger partial charge is 0.212 e. The predicted molar refractivity (Wildman–Crippen MR) is 100 cm³/mol. The Kier molecular flexibility index (Phi) is 5.79. The summed E-state index contributed by atoms with van der Waals surface area (Å²) in [6, 6.07) is 11.6. The number of allylic oxidation sites excluding steroid dienone is 4. The molecule has 1 N–H and O–H groups in total. The quantitative estimate of drug-likeness (QED) is 0.461. The molecule has 4 heteroatoms. The molecule has 0 aliphatic carbocycles. The maximum absolute atomic E-state index is 7.60. The third-order valence-corrected chi connectivity index (χ3v) is 3.17. The first-order chi connectivity index (χ1) is 11.5. The van der Waals surface area contributed by atoms with Crippen LogP contribution in [-0.2, 0) is 4.74 Å². The number of aromatic nitrogens is 1. The Bertz CT molecular complexity index is 856. The average molecular weight is 319 g/mol. The van der Waals surface area contributed by atoms with Crippen molar-refractivity contribution in [3.8, 4) is 0 Å². The highest BCUT2D eigenvalue weighted by Gasteiger charge is 2.05. The molecule has 0 bridgehead atoms. The first-order valence-electron chi connectivity index (χ1n) is 7.63. The fourth-order valence-electron chi connectivity index (χ4n) is 2.03. The molecule has 0 saturated heterocycles. The van der Waals surface area contributed by atoms with E-state index in [1.165, 1.54) is 5.57 Å². The van der Waals surface area contributed by atoms with Crippen molar-refractivity contribution in [1.29, 1.82) is 5.41 Å². The lowest BCUT2D eigenvalue weighted by molar-refractivity contribution is 0.306. The molecule has 4 nitrogen and oxygen atoms in total. The third kappa shape index (κ3) is 4.74. The molecule has 2 aromatic rings. The molecule has 0 unspecified atom stereocenters. The number of nitrogens with zero attached hydrogens (tertiary/aromatic N) is 2.